The normalized spacial score (nSPS) is 24.1. The van der Waals surface area contributed by atoms with Crippen molar-refractivity contribution in [3.8, 4) is 0 Å². The third-order valence-electron chi connectivity index (χ3n) is 5.53. The second-order valence-electron chi connectivity index (χ2n) is 8.40. The second-order valence-corrected chi connectivity index (χ2v) is 8.40. The fourth-order valence-electron chi connectivity index (χ4n) is 3.81. The van der Waals surface area contributed by atoms with E-state index < -0.39 is 0 Å². The minimum Gasteiger partial charge on any atom is -0.394 e. The molecule has 0 amide bonds. The summed E-state index contributed by atoms with van der Waals surface area (Å²) in [5, 5.41) is 11.5. The maximum Gasteiger partial charge on any atom is 0.0483 e. The van der Waals surface area contributed by atoms with Gasteiger partial charge in [-0.05, 0) is 56.8 Å². The number of nitrogens with one attached hydrogen (secondary N) is 1. The maximum atomic E-state index is 8.06. The molecule has 1 heterocycles. The summed E-state index contributed by atoms with van der Waals surface area (Å²) in [4.78, 5) is 0. The van der Waals surface area contributed by atoms with Crippen molar-refractivity contribution < 1.29 is 5.11 Å². The standard InChI is InChI=1S/C11H21N.C6H12.C3H8O/c1-9(2)10-3-5-11(6-4-10)7-12-8-11;1-2-4-6-5-3-1;1-3(2)4/h9-10,12H,3-8H2,1-2H3;1-6H2;3-4H,1-2H3. The van der Waals surface area contributed by atoms with Gasteiger partial charge in [0, 0.05) is 19.2 Å². The van der Waals surface area contributed by atoms with Gasteiger partial charge in [-0.2, -0.15) is 0 Å². The molecule has 132 valence electrons. The van der Waals surface area contributed by atoms with Gasteiger partial charge in [0.25, 0.3) is 0 Å². The molecule has 1 aliphatic heterocycles. The number of hydrogen-bond acceptors (Lipinski definition) is 2. The Balaban J connectivity index is 0.000000203. The molecular weight excluding hydrogens is 270 g/mol. The van der Waals surface area contributed by atoms with Crippen LogP contribution in [0.15, 0.2) is 0 Å². The van der Waals surface area contributed by atoms with Crippen molar-refractivity contribution in [1.82, 2.24) is 5.32 Å². The number of aliphatic hydroxyl groups excluding tert-OH is 1. The Morgan fingerprint density at radius 3 is 1.41 bits per heavy atom. The molecule has 3 fully saturated rings. The van der Waals surface area contributed by atoms with Crippen LogP contribution in [-0.4, -0.2) is 24.3 Å². The van der Waals surface area contributed by atoms with Gasteiger partial charge in [-0.3, -0.25) is 0 Å². The Morgan fingerprint density at radius 1 is 0.818 bits per heavy atom. The largest absolute Gasteiger partial charge is 0.394 e. The summed E-state index contributed by atoms with van der Waals surface area (Å²) in [5.41, 5.74) is 0.755. The highest BCUT2D eigenvalue weighted by Crippen LogP contribution is 2.43. The Labute approximate surface area is 139 Å². The lowest BCUT2D eigenvalue weighted by Crippen LogP contribution is -2.55. The summed E-state index contributed by atoms with van der Waals surface area (Å²) >= 11 is 0. The van der Waals surface area contributed by atoms with E-state index in [2.05, 4.69) is 19.2 Å². The Hall–Kier alpha value is -0.0800. The molecule has 22 heavy (non-hydrogen) atoms. The molecule has 0 aromatic rings. The zero-order valence-corrected chi connectivity index (χ0v) is 15.7. The van der Waals surface area contributed by atoms with Crippen molar-refractivity contribution in [3.63, 3.8) is 0 Å². The van der Waals surface area contributed by atoms with Crippen LogP contribution in [0.3, 0.4) is 0 Å². The first-order chi connectivity index (χ1) is 10.5. The van der Waals surface area contributed by atoms with Crippen LogP contribution < -0.4 is 5.32 Å². The zero-order valence-electron chi connectivity index (χ0n) is 15.7. The average molecular weight is 312 g/mol. The summed E-state index contributed by atoms with van der Waals surface area (Å²) in [5.74, 6) is 1.94. The topological polar surface area (TPSA) is 32.3 Å². The molecule has 0 unspecified atom stereocenters. The Morgan fingerprint density at radius 2 is 1.18 bits per heavy atom. The first-order valence-corrected chi connectivity index (χ1v) is 9.84. The average Bonchev–Trinajstić information content (AvgIpc) is 2.47. The molecule has 0 aromatic carbocycles. The molecule has 0 atom stereocenters. The van der Waals surface area contributed by atoms with Gasteiger partial charge in [0.1, 0.15) is 0 Å². The molecule has 0 aromatic heterocycles. The summed E-state index contributed by atoms with van der Waals surface area (Å²) in [6.07, 6.45) is 14.8. The van der Waals surface area contributed by atoms with Gasteiger partial charge >= 0.3 is 0 Å². The van der Waals surface area contributed by atoms with Crippen molar-refractivity contribution in [2.75, 3.05) is 13.1 Å². The van der Waals surface area contributed by atoms with Gasteiger partial charge in [-0.25, -0.2) is 0 Å². The second kappa shape index (κ2) is 10.6. The van der Waals surface area contributed by atoms with Gasteiger partial charge in [0.2, 0.25) is 0 Å². The molecule has 2 nitrogen and oxygen atoms in total. The van der Waals surface area contributed by atoms with E-state index in [0.29, 0.717) is 0 Å². The maximum absolute atomic E-state index is 8.06. The van der Waals surface area contributed by atoms with Gasteiger partial charge in [0.15, 0.2) is 0 Å². The predicted octanol–water partition coefficient (Wildman–Crippen LogP) is 5.15. The van der Waals surface area contributed by atoms with Crippen molar-refractivity contribution in [2.45, 2.75) is 98.0 Å². The number of aliphatic hydroxyl groups is 1. The molecule has 3 rings (SSSR count). The predicted molar refractivity (Wildman–Crippen MR) is 97.2 cm³/mol. The van der Waals surface area contributed by atoms with Crippen molar-refractivity contribution in [3.05, 3.63) is 0 Å². The van der Waals surface area contributed by atoms with Gasteiger partial charge in [0.05, 0.1) is 0 Å². The lowest BCUT2D eigenvalue weighted by Gasteiger charge is -2.48. The molecule has 2 aliphatic carbocycles. The first kappa shape index (κ1) is 20.0. The van der Waals surface area contributed by atoms with Crippen LogP contribution in [0.25, 0.3) is 0 Å². The van der Waals surface area contributed by atoms with Crippen LogP contribution in [0.1, 0.15) is 91.9 Å². The van der Waals surface area contributed by atoms with Gasteiger partial charge < -0.3 is 10.4 Å². The van der Waals surface area contributed by atoms with E-state index in [9.17, 15) is 0 Å². The third-order valence-corrected chi connectivity index (χ3v) is 5.53. The molecule has 0 radical (unpaired) electrons. The Kier molecular flexibility index (Phi) is 9.66. The fraction of sp³-hybridized carbons (Fsp3) is 1.00. The van der Waals surface area contributed by atoms with Crippen molar-refractivity contribution in [2.24, 2.45) is 17.3 Å². The highest BCUT2D eigenvalue weighted by molar-refractivity contribution is 4.95. The van der Waals surface area contributed by atoms with Crippen LogP contribution in [0.5, 0.6) is 0 Å². The molecule has 2 N–H and O–H groups in total. The number of hydrogen-bond donors (Lipinski definition) is 2. The highest BCUT2D eigenvalue weighted by Gasteiger charge is 2.40. The molecular formula is C20H41NO. The summed E-state index contributed by atoms with van der Waals surface area (Å²) in [7, 11) is 0. The molecule has 2 heteroatoms. The van der Waals surface area contributed by atoms with E-state index in [1.54, 1.807) is 13.8 Å². The van der Waals surface area contributed by atoms with E-state index in [1.165, 1.54) is 77.3 Å². The minimum absolute atomic E-state index is 0.167. The van der Waals surface area contributed by atoms with E-state index >= 15 is 0 Å². The van der Waals surface area contributed by atoms with E-state index in [4.69, 9.17) is 5.11 Å². The molecule has 1 spiro atoms. The third kappa shape index (κ3) is 7.97. The van der Waals surface area contributed by atoms with Crippen LogP contribution in [0.4, 0.5) is 0 Å². The van der Waals surface area contributed by atoms with Crippen LogP contribution in [0.2, 0.25) is 0 Å². The minimum atomic E-state index is -0.167. The SMILES string of the molecule is C1CCCCC1.CC(C)C1CCC2(CC1)CNC2.CC(C)O. The highest BCUT2D eigenvalue weighted by atomic mass is 16.3. The van der Waals surface area contributed by atoms with Crippen molar-refractivity contribution in [1.29, 1.82) is 0 Å². The molecule has 3 aliphatic rings. The number of rotatable bonds is 1. The quantitative estimate of drug-likeness (QED) is 0.702. The molecule has 1 saturated heterocycles. The lowest BCUT2D eigenvalue weighted by molar-refractivity contribution is 0.0690. The van der Waals surface area contributed by atoms with E-state index in [0.717, 1.165) is 17.3 Å². The molecule has 0 bridgehead atoms. The summed E-state index contributed by atoms with van der Waals surface area (Å²) < 4.78 is 0. The fourth-order valence-corrected chi connectivity index (χ4v) is 3.81. The van der Waals surface area contributed by atoms with E-state index in [-0.39, 0.29) is 6.10 Å². The first-order valence-electron chi connectivity index (χ1n) is 9.84. The van der Waals surface area contributed by atoms with Gasteiger partial charge in [-0.15, -0.1) is 0 Å². The Bertz CT molecular complexity index is 243. The monoisotopic (exact) mass is 311 g/mol. The summed E-state index contributed by atoms with van der Waals surface area (Å²) in [6, 6.07) is 0. The zero-order chi connectivity index (χ0) is 16.4. The smallest absolute Gasteiger partial charge is 0.0483 e. The lowest BCUT2D eigenvalue weighted by atomic mass is 9.65. The van der Waals surface area contributed by atoms with Gasteiger partial charge in [-0.1, -0.05) is 52.4 Å². The van der Waals surface area contributed by atoms with Crippen molar-refractivity contribution >= 4 is 0 Å². The van der Waals surface area contributed by atoms with Crippen LogP contribution in [-0.2, 0) is 0 Å². The summed E-state index contributed by atoms with van der Waals surface area (Å²) in [6.45, 7) is 10.8. The molecule has 2 saturated carbocycles. The van der Waals surface area contributed by atoms with Crippen LogP contribution >= 0.6 is 0 Å². The van der Waals surface area contributed by atoms with E-state index in [1.807, 2.05) is 0 Å². The van der Waals surface area contributed by atoms with Crippen LogP contribution in [0, 0.1) is 17.3 Å².